The van der Waals surface area contributed by atoms with Crippen LogP contribution in [-0.2, 0) is 20.9 Å². The fraction of sp³-hybridized carbons (Fsp3) is 0.333. The Balaban J connectivity index is 1.38. The van der Waals surface area contributed by atoms with E-state index in [0.29, 0.717) is 37.7 Å². The van der Waals surface area contributed by atoms with Gasteiger partial charge in [-0.05, 0) is 61.2 Å². The van der Waals surface area contributed by atoms with Crippen molar-refractivity contribution in [2.45, 2.75) is 32.9 Å². The number of Topliss-reactive ketones (excluding diaryl/α,β-unsaturated/α-hetero) is 1. The van der Waals surface area contributed by atoms with Crippen LogP contribution in [0.25, 0.3) is 5.76 Å². The number of aliphatic hydroxyl groups excluding tert-OH is 1. The van der Waals surface area contributed by atoms with E-state index in [4.69, 9.17) is 9.47 Å². The average molecular weight is 541 g/mol. The molecule has 1 amide bonds. The molecule has 7 nitrogen and oxygen atoms in total. The van der Waals surface area contributed by atoms with Gasteiger partial charge in [-0.3, -0.25) is 14.5 Å². The SMILES string of the molecule is Cc1ccc(C2/C(=C(\O)c3ccc(OCc4ccccc4C)cc3)C(=O)C(=O)N2CCCN2CCOCC2)cc1. The number of nitrogens with zero attached hydrogens (tertiary/aromatic N) is 2. The summed E-state index contributed by atoms with van der Waals surface area (Å²) < 4.78 is 11.4. The summed E-state index contributed by atoms with van der Waals surface area (Å²) >= 11 is 0. The summed E-state index contributed by atoms with van der Waals surface area (Å²) in [7, 11) is 0. The van der Waals surface area contributed by atoms with Gasteiger partial charge in [-0.1, -0.05) is 54.1 Å². The van der Waals surface area contributed by atoms with Crippen molar-refractivity contribution >= 4 is 17.4 Å². The number of aryl methyl sites for hydroxylation is 2. The van der Waals surface area contributed by atoms with Crippen LogP contribution in [0.15, 0.2) is 78.4 Å². The van der Waals surface area contributed by atoms with Gasteiger partial charge in [0, 0.05) is 31.7 Å². The summed E-state index contributed by atoms with van der Waals surface area (Å²) in [5, 5.41) is 11.4. The number of amides is 1. The van der Waals surface area contributed by atoms with Gasteiger partial charge in [0.1, 0.15) is 18.1 Å². The Morgan fingerprint density at radius 3 is 2.33 bits per heavy atom. The number of morpholine rings is 1. The minimum atomic E-state index is -0.658. The molecule has 7 heteroatoms. The van der Waals surface area contributed by atoms with Gasteiger partial charge in [0.05, 0.1) is 24.8 Å². The molecule has 0 bridgehead atoms. The number of likely N-dealkylation sites (tertiary alicyclic amines) is 1. The zero-order valence-electron chi connectivity index (χ0n) is 23.1. The number of benzene rings is 3. The highest BCUT2D eigenvalue weighted by Gasteiger charge is 2.45. The Bertz CT molecular complexity index is 1370. The summed E-state index contributed by atoms with van der Waals surface area (Å²) in [6, 6.07) is 22.2. The number of carbonyl (C=O) groups is 2. The van der Waals surface area contributed by atoms with Crippen LogP contribution in [0.3, 0.4) is 0 Å². The van der Waals surface area contributed by atoms with Crippen LogP contribution >= 0.6 is 0 Å². The number of carbonyl (C=O) groups excluding carboxylic acids is 2. The lowest BCUT2D eigenvalue weighted by Crippen LogP contribution is -2.38. The Labute approximate surface area is 235 Å². The fourth-order valence-corrected chi connectivity index (χ4v) is 5.29. The Morgan fingerprint density at radius 2 is 1.62 bits per heavy atom. The van der Waals surface area contributed by atoms with Crippen LogP contribution in [0.2, 0.25) is 0 Å². The zero-order valence-corrected chi connectivity index (χ0v) is 23.1. The first kappa shape index (κ1) is 27.6. The van der Waals surface area contributed by atoms with Gasteiger partial charge < -0.3 is 19.5 Å². The molecule has 1 N–H and O–H groups in total. The molecule has 2 fully saturated rings. The molecule has 3 aromatic carbocycles. The number of hydrogen-bond donors (Lipinski definition) is 1. The van der Waals surface area contributed by atoms with Gasteiger partial charge in [-0.25, -0.2) is 0 Å². The summed E-state index contributed by atoms with van der Waals surface area (Å²) in [4.78, 5) is 30.5. The number of rotatable bonds is 9. The van der Waals surface area contributed by atoms with Crippen LogP contribution in [0.4, 0.5) is 0 Å². The minimum Gasteiger partial charge on any atom is -0.507 e. The lowest BCUT2D eigenvalue weighted by Gasteiger charge is -2.29. The summed E-state index contributed by atoms with van der Waals surface area (Å²) in [6.07, 6.45) is 0.725. The molecule has 5 rings (SSSR count). The highest BCUT2D eigenvalue weighted by molar-refractivity contribution is 6.46. The first-order valence-electron chi connectivity index (χ1n) is 13.8. The van der Waals surface area contributed by atoms with Crippen LogP contribution in [0.1, 0.15) is 40.3 Å². The summed E-state index contributed by atoms with van der Waals surface area (Å²) in [5.74, 6) is -0.759. The molecular formula is C33H36N2O5. The van der Waals surface area contributed by atoms with E-state index in [9.17, 15) is 14.7 Å². The van der Waals surface area contributed by atoms with E-state index in [1.165, 1.54) is 0 Å². The summed E-state index contributed by atoms with van der Waals surface area (Å²) in [5.41, 5.74) is 4.72. The van der Waals surface area contributed by atoms with E-state index >= 15 is 0 Å². The molecule has 40 heavy (non-hydrogen) atoms. The maximum atomic E-state index is 13.3. The second kappa shape index (κ2) is 12.5. The molecule has 3 aromatic rings. The fourth-order valence-electron chi connectivity index (χ4n) is 5.29. The third-order valence-corrected chi connectivity index (χ3v) is 7.69. The second-order valence-electron chi connectivity index (χ2n) is 10.5. The van der Waals surface area contributed by atoms with Crippen LogP contribution in [-0.4, -0.2) is 66.0 Å². The van der Waals surface area contributed by atoms with Crippen molar-refractivity contribution in [1.29, 1.82) is 0 Å². The first-order chi connectivity index (χ1) is 19.4. The first-order valence-corrected chi connectivity index (χ1v) is 13.8. The molecule has 0 aliphatic carbocycles. The molecule has 1 unspecified atom stereocenters. The Hall–Kier alpha value is -3.94. The van der Waals surface area contributed by atoms with Gasteiger partial charge in [-0.2, -0.15) is 0 Å². The van der Waals surface area contributed by atoms with Crippen LogP contribution < -0.4 is 4.74 Å². The molecule has 0 saturated carbocycles. The predicted octanol–water partition coefficient (Wildman–Crippen LogP) is 5.03. The third-order valence-electron chi connectivity index (χ3n) is 7.69. The Morgan fingerprint density at radius 1 is 0.925 bits per heavy atom. The van der Waals surface area contributed by atoms with Crippen LogP contribution in [0, 0.1) is 13.8 Å². The largest absolute Gasteiger partial charge is 0.507 e. The van der Waals surface area contributed by atoms with E-state index in [0.717, 1.165) is 48.3 Å². The van der Waals surface area contributed by atoms with Gasteiger partial charge in [0.2, 0.25) is 0 Å². The van der Waals surface area contributed by atoms with Gasteiger partial charge in [-0.15, -0.1) is 0 Å². The molecule has 0 aromatic heterocycles. The summed E-state index contributed by atoms with van der Waals surface area (Å²) in [6.45, 7) is 8.86. The molecule has 0 radical (unpaired) electrons. The van der Waals surface area contributed by atoms with E-state index in [1.807, 2.05) is 62.4 Å². The number of ether oxygens (including phenoxy) is 2. The highest BCUT2D eigenvalue weighted by atomic mass is 16.5. The average Bonchev–Trinajstić information content (AvgIpc) is 3.23. The lowest BCUT2D eigenvalue weighted by molar-refractivity contribution is -0.140. The predicted molar refractivity (Wildman–Crippen MR) is 154 cm³/mol. The monoisotopic (exact) mass is 540 g/mol. The maximum Gasteiger partial charge on any atom is 0.295 e. The van der Waals surface area contributed by atoms with E-state index in [1.54, 1.807) is 29.2 Å². The molecule has 2 saturated heterocycles. The highest BCUT2D eigenvalue weighted by Crippen LogP contribution is 2.39. The molecule has 2 aliphatic rings. The zero-order chi connectivity index (χ0) is 28.1. The maximum absolute atomic E-state index is 13.3. The topological polar surface area (TPSA) is 79.3 Å². The number of ketones is 1. The van der Waals surface area contributed by atoms with Crippen LogP contribution in [0.5, 0.6) is 5.75 Å². The minimum absolute atomic E-state index is 0.119. The number of aliphatic hydroxyl groups is 1. The van der Waals surface area contributed by atoms with E-state index < -0.39 is 17.7 Å². The third kappa shape index (κ3) is 6.11. The van der Waals surface area contributed by atoms with Crippen molar-refractivity contribution < 1.29 is 24.2 Å². The van der Waals surface area contributed by atoms with Gasteiger partial charge in [0.25, 0.3) is 11.7 Å². The molecule has 1 atom stereocenters. The quantitative estimate of drug-likeness (QED) is 0.233. The van der Waals surface area contributed by atoms with E-state index in [2.05, 4.69) is 4.90 Å². The standard InChI is InChI=1S/C33H36N2O5/c1-23-8-10-25(11-9-23)30-29(32(37)33(38)35(30)17-5-16-34-18-20-39-21-19-34)31(36)26-12-14-28(15-13-26)40-22-27-7-4-3-6-24(27)2/h3-4,6-15,30,36H,5,16-22H2,1-2H3/b31-29+. The van der Waals surface area contributed by atoms with Gasteiger partial charge in [0.15, 0.2) is 0 Å². The second-order valence-corrected chi connectivity index (χ2v) is 10.5. The molecule has 2 aliphatic heterocycles. The van der Waals surface area contributed by atoms with E-state index in [-0.39, 0.29) is 11.3 Å². The Kier molecular flexibility index (Phi) is 8.63. The molecular weight excluding hydrogens is 504 g/mol. The molecule has 2 heterocycles. The number of hydrogen-bond acceptors (Lipinski definition) is 6. The van der Waals surface area contributed by atoms with Crippen molar-refractivity contribution in [1.82, 2.24) is 9.80 Å². The lowest BCUT2D eigenvalue weighted by atomic mass is 9.94. The molecule has 0 spiro atoms. The van der Waals surface area contributed by atoms with Crippen molar-refractivity contribution in [2.75, 3.05) is 39.4 Å². The normalized spacial score (nSPS) is 19.2. The molecule has 208 valence electrons. The van der Waals surface area contributed by atoms with Gasteiger partial charge >= 0.3 is 0 Å². The van der Waals surface area contributed by atoms with Crippen molar-refractivity contribution in [3.8, 4) is 5.75 Å². The smallest absolute Gasteiger partial charge is 0.295 e. The van der Waals surface area contributed by atoms with Crippen molar-refractivity contribution in [3.05, 3.63) is 106 Å². The van der Waals surface area contributed by atoms with Crippen molar-refractivity contribution in [3.63, 3.8) is 0 Å². The van der Waals surface area contributed by atoms with Crippen molar-refractivity contribution in [2.24, 2.45) is 0 Å².